The van der Waals surface area contributed by atoms with Crippen LogP contribution in [0.5, 0.6) is 0 Å². The van der Waals surface area contributed by atoms with Crippen molar-refractivity contribution in [3.05, 3.63) is 23.9 Å². The molecule has 0 saturated heterocycles. The molecule has 0 bridgehead atoms. The predicted molar refractivity (Wildman–Crippen MR) is 83.6 cm³/mol. The number of hydrazone groups is 2. The lowest BCUT2D eigenvalue weighted by Gasteiger charge is -2.31. The van der Waals surface area contributed by atoms with E-state index in [0.29, 0.717) is 18.3 Å². The second-order valence-electron chi connectivity index (χ2n) is 6.38. The molecular formula is C16H22N4O. The monoisotopic (exact) mass is 286 g/mol. The molecule has 0 saturated carbocycles. The second kappa shape index (κ2) is 5.13. The normalized spacial score (nSPS) is 31.7. The van der Waals surface area contributed by atoms with Gasteiger partial charge in [0.05, 0.1) is 17.5 Å². The van der Waals surface area contributed by atoms with Gasteiger partial charge in [-0.3, -0.25) is 9.80 Å². The van der Waals surface area contributed by atoms with Crippen LogP contribution in [0.1, 0.15) is 34.1 Å². The van der Waals surface area contributed by atoms with Gasteiger partial charge in [-0.05, 0) is 12.0 Å². The highest BCUT2D eigenvalue weighted by atomic mass is 16.2. The van der Waals surface area contributed by atoms with E-state index in [4.69, 9.17) is 5.10 Å². The fourth-order valence-electron chi connectivity index (χ4n) is 3.28. The Labute approximate surface area is 125 Å². The molecule has 0 aromatic heterocycles. The molecule has 5 heteroatoms. The lowest BCUT2D eigenvalue weighted by molar-refractivity contribution is -0.121. The summed E-state index contributed by atoms with van der Waals surface area (Å²) in [4.78, 5) is 11.4. The Morgan fingerprint density at radius 1 is 1.38 bits per heavy atom. The van der Waals surface area contributed by atoms with E-state index in [1.165, 1.54) is 5.71 Å². The van der Waals surface area contributed by atoms with Gasteiger partial charge in [-0.25, -0.2) is 5.43 Å². The Hall–Kier alpha value is -1.91. The molecule has 112 valence electrons. The summed E-state index contributed by atoms with van der Waals surface area (Å²) in [7, 11) is 0. The SMILES string of the molecule is CC(C)C1=NN2C(C3=NNC(=O)CC3C)=CC=CC2C1C. The lowest BCUT2D eigenvalue weighted by atomic mass is 9.88. The van der Waals surface area contributed by atoms with Gasteiger partial charge in [0.15, 0.2) is 0 Å². The molecule has 3 aliphatic heterocycles. The maximum atomic E-state index is 11.4. The molecule has 3 heterocycles. The van der Waals surface area contributed by atoms with Crippen LogP contribution in [-0.4, -0.2) is 28.4 Å². The first-order valence-corrected chi connectivity index (χ1v) is 7.62. The van der Waals surface area contributed by atoms with Gasteiger partial charge in [-0.2, -0.15) is 10.2 Å². The predicted octanol–water partition coefficient (Wildman–Crippen LogP) is 2.28. The van der Waals surface area contributed by atoms with Crippen LogP contribution in [0.25, 0.3) is 0 Å². The molecule has 0 spiro atoms. The zero-order valence-corrected chi connectivity index (χ0v) is 13.0. The van der Waals surface area contributed by atoms with E-state index < -0.39 is 0 Å². The van der Waals surface area contributed by atoms with Gasteiger partial charge < -0.3 is 0 Å². The van der Waals surface area contributed by atoms with Gasteiger partial charge in [0.2, 0.25) is 5.91 Å². The van der Waals surface area contributed by atoms with Crippen molar-refractivity contribution in [1.82, 2.24) is 10.4 Å². The summed E-state index contributed by atoms with van der Waals surface area (Å²) in [6, 6.07) is 0.259. The smallest absolute Gasteiger partial charge is 0.240 e. The van der Waals surface area contributed by atoms with Crippen molar-refractivity contribution in [3.63, 3.8) is 0 Å². The summed E-state index contributed by atoms with van der Waals surface area (Å²) >= 11 is 0. The van der Waals surface area contributed by atoms with Gasteiger partial charge in [0, 0.05) is 24.0 Å². The van der Waals surface area contributed by atoms with Gasteiger partial charge in [0.25, 0.3) is 0 Å². The first-order valence-electron chi connectivity index (χ1n) is 7.62. The largest absolute Gasteiger partial charge is 0.273 e. The number of rotatable bonds is 2. The lowest BCUT2D eigenvalue weighted by Crippen LogP contribution is -2.39. The Bertz CT molecular complexity index is 585. The molecule has 3 unspecified atom stereocenters. The second-order valence-corrected chi connectivity index (χ2v) is 6.38. The summed E-state index contributed by atoms with van der Waals surface area (Å²) < 4.78 is 0. The maximum absolute atomic E-state index is 11.4. The minimum absolute atomic E-state index is 0.0177. The Balaban J connectivity index is 1.95. The first kappa shape index (κ1) is 14.0. The molecular weight excluding hydrogens is 264 g/mol. The van der Waals surface area contributed by atoms with Crippen molar-refractivity contribution >= 4 is 17.3 Å². The number of amides is 1. The molecule has 1 N–H and O–H groups in total. The van der Waals surface area contributed by atoms with Crippen LogP contribution in [0.2, 0.25) is 0 Å². The fraction of sp³-hybridized carbons (Fsp3) is 0.562. The number of hydrogen-bond acceptors (Lipinski definition) is 4. The Morgan fingerprint density at radius 3 is 2.81 bits per heavy atom. The van der Waals surface area contributed by atoms with Crippen LogP contribution in [0.3, 0.4) is 0 Å². The third-order valence-electron chi connectivity index (χ3n) is 4.41. The van der Waals surface area contributed by atoms with Crippen molar-refractivity contribution in [2.45, 2.75) is 40.2 Å². The van der Waals surface area contributed by atoms with Gasteiger partial charge in [0.1, 0.15) is 0 Å². The molecule has 0 radical (unpaired) electrons. The molecule has 0 fully saturated rings. The quantitative estimate of drug-likeness (QED) is 0.846. The van der Waals surface area contributed by atoms with Gasteiger partial charge >= 0.3 is 0 Å². The number of carbonyl (C=O) groups is 1. The zero-order valence-electron chi connectivity index (χ0n) is 13.0. The molecule has 3 atom stereocenters. The van der Waals surface area contributed by atoms with Gasteiger partial charge in [-0.15, -0.1) is 0 Å². The van der Waals surface area contributed by atoms with E-state index >= 15 is 0 Å². The third kappa shape index (κ3) is 2.30. The molecule has 0 aliphatic carbocycles. The highest BCUT2D eigenvalue weighted by Gasteiger charge is 2.39. The third-order valence-corrected chi connectivity index (χ3v) is 4.41. The van der Waals surface area contributed by atoms with Crippen molar-refractivity contribution in [2.24, 2.45) is 28.0 Å². The number of nitrogens with one attached hydrogen (secondary N) is 1. The van der Waals surface area contributed by atoms with Crippen molar-refractivity contribution in [2.75, 3.05) is 0 Å². The minimum atomic E-state index is -0.0177. The summed E-state index contributed by atoms with van der Waals surface area (Å²) in [5, 5.41) is 11.2. The van der Waals surface area contributed by atoms with Crippen LogP contribution in [-0.2, 0) is 4.79 Å². The molecule has 0 aromatic carbocycles. The highest BCUT2D eigenvalue weighted by Crippen LogP contribution is 2.34. The van der Waals surface area contributed by atoms with Crippen LogP contribution in [0.4, 0.5) is 0 Å². The van der Waals surface area contributed by atoms with Crippen LogP contribution >= 0.6 is 0 Å². The number of hydrogen-bond donors (Lipinski definition) is 1. The van der Waals surface area contributed by atoms with Crippen molar-refractivity contribution in [3.8, 4) is 0 Å². The van der Waals surface area contributed by atoms with E-state index in [1.54, 1.807) is 0 Å². The summed E-state index contributed by atoms with van der Waals surface area (Å²) in [6.07, 6.45) is 6.80. The summed E-state index contributed by atoms with van der Waals surface area (Å²) in [6.45, 7) is 8.63. The van der Waals surface area contributed by atoms with E-state index in [0.717, 1.165) is 11.4 Å². The maximum Gasteiger partial charge on any atom is 0.240 e. The van der Waals surface area contributed by atoms with Crippen molar-refractivity contribution < 1.29 is 4.79 Å². The fourth-order valence-corrected chi connectivity index (χ4v) is 3.28. The first-order chi connectivity index (χ1) is 9.99. The van der Waals surface area contributed by atoms with E-state index in [1.807, 2.05) is 13.0 Å². The standard InChI is InChI=1S/C16H22N4O/c1-9(2)15-11(4)12-6-5-7-13(20(12)19-15)16-10(3)8-14(21)17-18-16/h5-7,9-12H,8H2,1-4H3,(H,17,21). The Morgan fingerprint density at radius 2 is 2.14 bits per heavy atom. The zero-order chi connectivity index (χ0) is 15.1. The summed E-state index contributed by atoms with van der Waals surface area (Å²) in [5.74, 6) is 0.936. The molecule has 3 aliphatic rings. The minimum Gasteiger partial charge on any atom is -0.273 e. The number of allylic oxidation sites excluding steroid dienone is 3. The van der Waals surface area contributed by atoms with E-state index in [-0.39, 0.29) is 17.9 Å². The number of fused-ring (bicyclic) bond motifs is 1. The molecule has 1 amide bonds. The average Bonchev–Trinajstić information content (AvgIpc) is 2.77. The average molecular weight is 286 g/mol. The van der Waals surface area contributed by atoms with Crippen molar-refractivity contribution in [1.29, 1.82) is 0 Å². The van der Waals surface area contributed by atoms with Crippen LogP contribution in [0, 0.1) is 17.8 Å². The number of carbonyl (C=O) groups excluding carboxylic acids is 1. The van der Waals surface area contributed by atoms with Gasteiger partial charge in [-0.1, -0.05) is 39.8 Å². The molecule has 5 nitrogen and oxygen atoms in total. The molecule has 0 aromatic rings. The molecule has 21 heavy (non-hydrogen) atoms. The van der Waals surface area contributed by atoms with E-state index in [2.05, 4.69) is 48.5 Å². The highest BCUT2D eigenvalue weighted by molar-refractivity contribution is 6.06. The molecule has 3 rings (SSSR count). The van der Waals surface area contributed by atoms with Crippen LogP contribution < -0.4 is 5.43 Å². The number of nitrogens with zero attached hydrogens (tertiary/aromatic N) is 3. The summed E-state index contributed by atoms with van der Waals surface area (Å²) in [5.41, 5.74) is 5.75. The van der Waals surface area contributed by atoms with Crippen LogP contribution in [0.15, 0.2) is 34.1 Å². The topological polar surface area (TPSA) is 57.1 Å². The Kier molecular flexibility index (Phi) is 3.43. The van der Waals surface area contributed by atoms with E-state index in [9.17, 15) is 4.79 Å².